The van der Waals surface area contributed by atoms with Crippen molar-refractivity contribution in [3.8, 4) is 17.6 Å². The van der Waals surface area contributed by atoms with E-state index in [-0.39, 0.29) is 18.0 Å². The summed E-state index contributed by atoms with van der Waals surface area (Å²) in [4.78, 5) is 25.8. The van der Waals surface area contributed by atoms with Gasteiger partial charge in [-0.2, -0.15) is 4.98 Å². The van der Waals surface area contributed by atoms with Crippen LogP contribution in [0.15, 0.2) is 12.4 Å². The Morgan fingerprint density at radius 2 is 2.00 bits per heavy atom. The summed E-state index contributed by atoms with van der Waals surface area (Å²) < 4.78 is 13.2. The van der Waals surface area contributed by atoms with Gasteiger partial charge in [-0.3, -0.25) is 9.78 Å². The lowest BCUT2D eigenvalue weighted by Crippen LogP contribution is -2.49. The first-order chi connectivity index (χ1) is 18.6. The zero-order chi connectivity index (χ0) is 28.2. The van der Waals surface area contributed by atoms with Gasteiger partial charge in [0.2, 0.25) is 5.95 Å². The second kappa shape index (κ2) is 12.2. The lowest BCUT2D eigenvalue weighted by molar-refractivity contribution is -0.155. The Labute approximate surface area is 234 Å². The third kappa shape index (κ3) is 6.63. The first-order valence-electron chi connectivity index (χ1n) is 13.3. The van der Waals surface area contributed by atoms with E-state index in [4.69, 9.17) is 26.8 Å². The summed E-state index contributed by atoms with van der Waals surface area (Å²) in [6, 6.07) is 0. The molecule has 0 bridgehead atoms. The molecule has 0 unspecified atom stereocenters. The molecule has 0 radical (unpaired) electrons. The van der Waals surface area contributed by atoms with Gasteiger partial charge in [0.25, 0.3) is 0 Å². The Bertz CT molecular complexity index is 1420. The van der Waals surface area contributed by atoms with Crippen molar-refractivity contribution in [1.29, 1.82) is 0 Å². The minimum absolute atomic E-state index is 0.0550. The molecular formula is C29H37ClN6O3. The number of hydrogen-bond donors (Lipinski definition) is 2. The van der Waals surface area contributed by atoms with Crippen LogP contribution < -0.4 is 15.8 Å². The smallest absolute Gasteiger partial charge is 0.326 e. The number of rotatable bonds is 9. The molecule has 208 valence electrons. The quantitative estimate of drug-likeness (QED) is 0.172. The number of nitrogens with zero attached hydrogens (tertiary/aromatic N) is 4. The minimum atomic E-state index is -0.757. The standard InChI is InChI=1S/C29H37ClN6O3/c1-18-15-32-22(19(2)24(18)38-5)17-36-16-20(23-25(30)34-28(31)35-26(23)36)11-7-6-10-14-33-29(3,4)27(37)39-21-12-8-9-13-21/h15-16,21,33H,8-14,17H2,1-5H3,(H2,31,34,35). The van der Waals surface area contributed by atoms with Crippen molar-refractivity contribution in [3.05, 3.63) is 39.9 Å². The summed E-state index contributed by atoms with van der Waals surface area (Å²) >= 11 is 6.50. The molecule has 0 aromatic carbocycles. The van der Waals surface area contributed by atoms with Crippen LogP contribution in [0.4, 0.5) is 5.95 Å². The van der Waals surface area contributed by atoms with Crippen molar-refractivity contribution in [2.24, 2.45) is 0 Å². The Hall–Kier alpha value is -3.35. The van der Waals surface area contributed by atoms with E-state index in [0.29, 0.717) is 36.7 Å². The molecular weight excluding hydrogens is 516 g/mol. The Morgan fingerprint density at radius 3 is 2.72 bits per heavy atom. The van der Waals surface area contributed by atoms with Gasteiger partial charge in [0.05, 0.1) is 24.7 Å². The van der Waals surface area contributed by atoms with E-state index in [0.717, 1.165) is 59.2 Å². The molecule has 0 amide bonds. The summed E-state index contributed by atoms with van der Waals surface area (Å²) in [5, 5.41) is 4.30. The predicted octanol–water partition coefficient (Wildman–Crippen LogP) is 4.53. The van der Waals surface area contributed by atoms with Crippen molar-refractivity contribution in [1.82, 2.24) is 24.8 Å². The summed E-state index contributed by atoms with van der Waals surface area (Å²) in [5.41, 5.74) is 9.52. The van der Waals surface area contributed by atoms with Crippen molar-refractivity contribution < 1.29 is 14.3 Å². The predicted molar refractivity (Wildman–Crippen MR) is 153 cm³/mol. The van der Waals surface area contributed by atoms with E-state index < -0.39 is 5.54 Å². The number of carbonyl (C=O) groups is 1. The fourth-order valence-electron chi connectivity index (χ4n) is 4.94. The lowest BCUT2D eigenvalue weighted by atomic mass is 10.1. The number of aryl methyl sites for hydroxylation is 1. The Morgan fingerprint density at radius 1 is 1.26 bits per heavy atom. The molecule has 39 heavy (non-hydrogen) atoms. The van der Waals surface area contributed by atoms with Gasteiger partial charge in [-0.1, -0.05) is 17.5 Å². The van der Waals surface area contributed by atoms with Crippen molar-refractivity contribution >= 4 is 34.6 Å². The number of nitrogens with one attached hydrogen (secondary N) is 1. The molecule has 1 saturated carbocycles. The lowest BCUT2D eigenvalue weighted by Gasteiger charge is -2.25. The van der Waals surface area contributed by atoms with Crippen LogP contribution >= 0.6 is 11.6 Å². The normalized spacial score (nSPS) is 13.9. The average Bonchev–Trinajstić information content (AvgIpc) is 3.51. The van der Waals surface area contributed by atoms with Gasteiger partial charge < -0.3 is 25.1 Å². The van der Waals surface area contributed by atoms with E-state index in [2.05, 4.69) is 32.1 Å². The molecule has 3 aromatic heterocycles. The summed E-state index contributed by atoms with van der Waals surface area (Å²) in [7, 11) is 1.66. The fourth-order valence-corrected chi connectivity index (χ4v) is 5.24. The van der Waals surface area contributed by atoms with Crippen LogP contribution in [0.5, 0.6) is 5.75 Å². The maximum absolute atomic E-state index is 12.5. The molecule has 3 heterocycles. The molecule has 1 aliphatic carbocycles. The maximum atomic E-state index is 12.5. The molecule has 9 nitrogen and oxygen atoms in total. The number of hydrogen-bond acceptors (Lipinski definition) is 8. The number of anilines is 1. The zero-order valence-corrected chi connectivity index (χ0v) is 24.1. The number of methoxy groups -OCH3 is 1. The van der Waals surface area contributed by atoms with Crippen LogP contribution in [0.1, 0.15) is 68.3 Å². The number of nitrogen functional groups attached to an aromatic ring is 1. The highest BCUT2D eigenvalue weighted by Crippen LogP contribution is 2.30. The molecule has 1 fully saturated rings. The molecule has 0 saturated heterocycles. The maximum Gasteiger partial charge on any atom is 0.326 e. The Balaban J connectivity index is 1.44. The zero-order valence-electron chi connectivity index (χ0n) is 23.4. The summed E-state index contributed by atoms with van der Waals surface area (Å²) in [5.74, 6) is 7.13. The molecule has 0 aliphatic heterocycles. The van der Waals surface area contributed by atoms with Crippen LogP contribution in [0.3, 0.4) is 0 Å². The average molecular weight is 553 g/mol. The van der Waals surface area contributed by atoms with Crippen molar-refractivity contribution in [2.45, 2.75) is 84.4 Å². The highest BCUT2D eigenvalue weighted by atomic mass is 35.5. The van der Waals surface area contributed by atoms with Crippen LogP contribution in [0.25, 0.3) is 11.0 Å². The second-order valence-corrected chi connectivity index (χ2v) is 10.9. The molecule has 3 N–H and O–H groups in total. The topological polar surface area (TPSA) is 117 Å². The molecule has 3 aromatic rings. The third-order valence-corrected chi connectivity index (χ3v) is 7.42. The van der Waals surface area contributed by atoms with E-state index in [9.17, 15) is 4.79 Å². The highest BCUT2D eigenvalue weighted by molar-refractivity contribution is 6.34. The summed E-state index contributed by atoms with van der Waals surface area (Å²) in [6.07, 6.45) is 9.06. The number of ether oxygens (including phenoxy) is 2. The summed E-state index contributed by atoms with van der Waals surface area (Å²) in [6.45, 7) is 8.70. The fraction of sp³-hybridized carbons (Fsp3) is 0.517. The van der Waals surface area contributed by atoms with Gasteiger partial charge in [0.15, 0.2) is 0 Å². The van der Waals surface area contributed by atoms with Crippen LogP contribution in [-0.4, -0.2) is 50.8 Å². The third-order valence-electron chi connectivity index (χ3n) is 7.14. The molecule has 1 aliphatic rings. The van der Waals surface area contributed by atoms with Gasteiger partial charge in [-0.15, -0.1) is 5.92 Å². The van der Waals surface area contributed by atoms with Crippen LogP contribution in [0.2, 0.25) is 5.15 Å². The van der Waals surface area contributed by atoms with E-state index in [1.54, 1.807) is 13.3 Å². The van der Waals surface area contributed by atoms with E-state index in [1.807, 2.05) is 38.5 Å². The van der Waals surface area contributed by atoms with Gasteiger partial charge in [-0.05, 0) is 58.9 Å². The van der Waals surface area contributed by atoms with Crippen molar-refractivity contribution in [3.63, 3.8) is 0 Å². The number of fused-ring (bicyclic) bond motifs is 1. The molecule has 0 spiro atoms. The van der Waals surface area contributed by atoms with Gasteiger partial charge in [0, 0.05) is 42.9 Å². The van der Waals surface area contributed by atoms with E-state index in [1.165, 1.54) is 0 Å². The number of aromatic nitrogens is 4. The molecule has 10 heteroatoms. The molecule has 4 rings (SSSR count). The van der Waals surface area contributed by atoms with Crippen LogP contribution in [0, 0.1) is 25.7 Å². The van der Waals surface area contributed by atoms with E-state index >= 15 is 0 Å². The largest absolute Gasteiger partial charge is 0.496 e. The monoisotopic (exact) mass is 552 g/mol. The molecule has 0 atom stereocenters. The second-order valence-electron chi connectivity index (χ2n) is 10.5. The van der Waals surface area contributed by atoms with Crippen molar-refractivity contribution in [2.75, 3.05) is 19.4 Å². The first-order valence-corrected chi connectivity index (χ1v) is 13.7. The van der Waals surface area contributed by atoms with Gasteiger partial charge in [0.1, 0.15) is 28.2 Å². The SMILES string of the molecule is COc1c(C)cnc(Cn2cc(CC#CCCNC(C)(C)C(=O)OC3CCCC3)c3c(Cl)nc(N)nc32)c1C. The number of esters is 1. The number of carbonyl (C=O) groups excluding carboxylic acids is 1. The van der Waals surface area contributed by atoms with Gasteiger partial charge in [-0.25, -0.2) is 4.98 Å². The number of nitrogens with two attached hydrogens (primary N) is 1. The minimum Gasteiger partial charge on any atom is -0.496 e. The number of pyridine rings is 1. The van der Waals surface area contributed by atoms with Gasteiger partial charge >= 0.3 is 5.97 Å². The first kappa shape index (κ1) is 28.7. The highest BCUT2D eigenvalue weighted by Gasteiger charge is 2.31. The van der Waals surface area contributed by atoms with Crippen LogP contribution in [-0.2, 0) is 22.5 Å². The number of halogens is 1. The Kier molecular flexibility index (Phi) is 8.98.